The zero-order valence-electron chi connectivity index (χ0n) is 14.3. The first-order valence-electron chi connectivity index (χ1n) is 7.53. The molecule has 1 atom stereocenters. The van der Waals surface area contributed by atoms with Crippen molar-refractivity contribution < 1.29 is 8.63 Å². The zero-order chi connectivity index (χ0) is 17.2. The highest BCUT2D eigenvalue weighted by molar-refractivity contribution is 7.74. The second-order valence-electron chi connectivity index (χ2n) is 6.82. The molecule has 128 valence electrons. The highest BCUT2D eigenvalue weighted by Crippen LogP contribution is 2.31. The molecule has 0 spiro atoms. The van der Waals surface area contributed by atoms with Crippen LogP contribution >= 0.6 is 11.6 Å². The lowest BCUT2D eigenvalue weighted by molar-refractivity contribution is 0.410. The third-order valence-electron chi connectivity index (χ3n) is 3.34. The number of halogens is 1. The van der Waals surface area contributed by atoms with Gasteiger partial charge in [0, 0.05) is 33.1 Å². The number of hydrogen-bond donors (Lipinski definition) is 1. The molecule has 0 N–H and O–H groups in total. The van der Waals surface area contributed by atoms with Crippen molar-refractivity contribution in [3.63, 3.8) is 0 Å². The summed E-state index contributed by atoms with van der Waals surface area (Å²) in [7, 11) is 2.20. The van der Waals surface area contributed by atoms with E-state index in [0.29, 0.717) is 23.0 Å². The Labute approximate surface area is 144 Å². The standard InChI is InChI=1S/C16H24ClN3O2S/c1-16(2,3)15-19-13-7-6-12(17)11(14(13)22-15)10-23(21)18-8-9-20(4)5/h6-7,23H,8-10H2,1-5H3. The predicted octanol–water partition coefficient (Wildman–Crippen LogP) is 3.50. The number of thiol groups is 1. The lowest BCUT2D eigenvalue weighted by atomic mass is 9.97. The van der Waals surface area contributed by atoms with E-state index in [-0.39, 0.29) is 11.2 Å². The smallest absolute Gasteiger partial charge is 0.200 e. The molecule has 0 saturated heterocycles. The largest absolute Gasteiger partial charge is 0.440 e. The molecule has 0 aliphatic heterocycles. The molecule has 5 nitrogen and oxygen atoms in total. The molecule has 1 aromatic heterocycles. The van der Waals surface area contributed by atoms with Crippen molar-refractivity contribution >= 4 is 33.3 Å². The Morgan fingerprint density at radius 1 is 1.35 bits per heavy atom. The Kier molecular flexibility index (Phi) is 5.70. The Morgan fingerprint density at radius 2 is 2.04 bits per heavy atom. The van der Waals surface area contributed by atoms with Crippen molar-refractivity contribution in [2.24, 2.45) is 4.36 Å². The lowest BCUT2D eigenvalue weighted by Crippen LogP contribution is -2.15. The molecular formula is C16H24ClN3O2S. The van der Waals surface area contributed by atoms with Crippen LogP contribution in [0.3, 0.4) is 0 Å². The first-order chi connectivity index (χ1) is 10.7. The van der Waals surface area contributed by atoms with Crippen LogP contribution in [0.1, 0.15) is 32.2 Å². The van der Waals surface area contributed by atoms with Crippen LogP contribution in [0.15, 0.2) is 20.9 Å². The molecule has 0 radical (unpaired) electrons. The van der Waals surface area contributed by atoms with E-state index in [9.17, 15) is 4.21 Å². The molecule has 0 aliphatic rings. The first-order valence-corrected chi connectivity index (χ1v) is 9.31. The Balaban J connectivity index is 2.34. The molecule has 0 saturated carbocycles. The number of likely N-dealkylation sites (N-methyl/N-ethyl adjacent to an activating group) is 1. The van der Waals surface area contributed by atoms with Gasteiger partial charge in [-0.05, 0) is 26.2 Å². The molecule has 2 rings (SSSR count). The fourth-order valence-corrected chi connectivity index (χ4v) is 3.34. The van der Waals surface area contributed by atoms with Gasteiger partial charge in [-0.2, -0.15) is 0 Å². The average molecular weight is 358 g/mol. The van der Waals surface area contributed by atoms with Gasteiger partial charge in [-0.25, -0.2) is 9.35 Å². The average Bonchev–Trinajstić information content (AvgIpc) is 2.86. The Bertz CT molecular complexity index is 771. The van der Waals surface area contributed by atoms with Gasteiger partial charge in [-0.15, -0.1) is 0 Å². The zero-order valence-corrected chi connectivity index (χ0v) is 15.9. The van der Waals surface area contributed by atoms with Crippen molar-refractivity contribution in [1.29, 1.82) is 0 Å². The van der Waals surface area contributed by atoms with Crippen molar-refractivity contribution in [1.82, 2.24) is 9.88 Å². The maximum absolute atomic E-state index is 12.2. The van der Waals surface area contributed by atoms with E-state index in [0.717, 1.165) is 17.6 Å². The summed E-state index contributed by atoms with van der Waals surface area (Å²) in [5.74, 6) is 0.924. The summed E-state index contributed by atoms with van der Waals surface area (Å²) >= 11 is 6.29. The van der Waals surface area contributed by atoms with Crippen molar-refractivity contribution in [2.75, 3.05) is 27.2 Å². The van der Waals surface area contributed by atoms with Gasteiger partial charge in [0.2, 0.25) is 5.89 Å². The second-order valence-corrected chi connectivity index (χ2v) is 8.53. The summed E-state index contributed by atoms with van der Waals surface area (Å²) in [5.41, 5.74) is 1.89. The summed E-state index contributed by atoms with van der Waals surface area (Å²) in [6.45, 7) is 7.43. The first kappa shape index (κ1) is 18.2. The van der Waals surface area contributed by atoms with Crippen LogP contribution in [-0.4, -0.2) is 41.3 Å². The SMILES string of the molecule is CN(C)CC/N=[SH](=O)/Cc1c(Cl)ccc2nc(C(C)(C)C)oc12. The number of fused-ring (bicyclic) bond motifs is 1. The van der Waals surface area contributed by atoms with Gasteiger partial charge in [0.1, 0.15) is 5.52 Å². The van der Waals surface area contributed by atoms with E-state index in [1.165, 1.54) is 0 Å². The van der Waals surface area contributed by atoms with Crippen LogP contribution < -0.4 is 0 Å². The third kappa shape index (κ3) is 4.68. The molecule has 0 bridgehead atoms. The van der Waals surface area contributed by atoms with Gasteiger partial charge in [0.25, 0.3) is 0 Å². The molecule has 2 aromatic rings. The third-order valence-corrected chi connectivity index (χ3v) is 4.80. The monoisotopic (exact) mass is 357 g/mol. The second kappa shape index (κ2) is 7.20. The summed E-state index contributed by atoms with van der Waals surface area (Å²) in [6.07, 6.45) is 0. The minimum absolute atomic E-state index is 0.193. The van der Waals surface area contributed by atoms with Crippen LogP contribution in [0.5, 0.6) is 0 Å². The quantitative estimate of drug-likeness (QED) is 0.832. The number of aromatic nitrogens is 1. The van der Waals surface area contributed by atoms with Gasteiger partial charge < -0.3 is 9.32 Å². The van der Waals surface area contributed by atoms with Crippen LogP contribution in [0.25, 0.3) is 11.1 Å². The highest BCUT2D eigenvalue weighted by atomic mass is 35.5. The van der Waals surface area contributed by atoms with Crippen molar-refractivity contribution in [3.8, 4) is 0 Å². The molecule has 0 fully saturated rings. The fraction of sp³-hybridized carbons (Fsp3) is 0.562. The molecule has 1 unspecified atom stereocenters. The molecule has 1 heterocycles. The van der Waals surface area contributed by atoms with E-state index >= 15 is 0 Å². The molecule has 23 heavy (non-hydrogen) atoms. The van der Waals surface area contributed by atoms with Crippen molar-refractivity contribution in [3.05, 3.63) is 28.6 Å². The summed E-state index contributed by atoms with van der Waals surface area (Å²) in [5, 5.41) is 0.542. The summed E-state index contributed by atoms with van der Waals surface area (Å²) < 4.78 is 22.4. The van der Waals surface area contributed by atoms with Gasteiger partial charge in [0.15, 0.2) is 5.58 Å². The van der Waals surface area contributed by atoms with E-state index in [1.54, 1.807) is 6.07 Å². The minimum Gasteiger partial charge on any atom is -0.440 e. The number of nitrogens with zero attached hydrogens (tertiary/aromatic N) is 3. The maximum Gasteiger partial charge on any atom is 0.200 e. The predicted molar refractivity (Wildman–Crippen MR) is 96.8 cm³/mol. The van der Waals surface area contributed by atoms with E-state index in [2.05, 4.69) is 9.35 Å². The van der Waals surface area contributed by atoms with E-state index in [1.807, 2.05) is 45.8 Å². The molecule has 1 aromatic carbocycles. The normalized spacial score (nSPS) is 14.0. The van der Waals surface area contributed by atoms with Crippen LogP contribution in [0, 0.1) is 0 Å². The number of oxazole rings is 1. The van der Waals surface area contributed by atoms with Gasteiger partial charge in [0.05, 0.1) is 12.3 Å². The molecule has 0 amide bonds. The van der Waals surface area contributed by atoms with Crippen LogP contribution in [0.4, 0.5) is 0 Å². The van der Waals surface area contributed by atoms with Crippen molar-refractivity contribution in [2.45, 2.75) is 31.9 Å². The van der Waals surface area contributed by atoms with E-state index in [4.69, 9.17) is 16.0 Å². The highest BCUT2D eigenvalue weighted by Gasteiger charge is 2.22. The van der Waals surface area contributed by atoms with Gasteiger partial charge in [-0.3, -0.25) is 4.21 Å². The minimum atomic E-state index is -1.72. The number of benzene rings is 1. The Morgan fingerprint density at radius 3 is 2.65 bits per heavy atom. The molecule has 7 heteroatoms. The topological polar surface area (TPSA) is 58.7 Å². The van der Waals surface area contributed by atoms with Crippen LogP contribution in [-0.2, 0) is 21.8 Å². The summed E-state index contributed by atoms with van der Waals surface area (Å²) in [6, 6.07) is 3.60. The van der Waals surface area contributed by atoms with Gasteiger partial charge in [-0.1, -0.05) is 32.4 Å². The van der Waals surface area contributed by atoms with Gasteiger partial charge >= 0.3 is 0 Å². The molecular weight excluding hydrogens is 334 g/mol. The fourth-order valence-electron chi connectivity index (χ4n) is 2.03. The maximum atomic E-state index is 12.2. The summed E-state index contributed by atoms with van der Waals surface area (Å²) in [4.78, 5) is 6.53. The number of rotatable bonds is 5. The lowest BCUT2D eigenvalue weighted by Gasteiger charge is -2.11. The molecule has 0 aliphatic carbocycles. The Hall–Kier alpha value is -1.11. The number of hydrogen-bond acceptors (Lipinski definition) is 5. The van der Waals surface area contributed by atoms with E-state index < -0.39 is 10.6 Å². The van der Waals surface area contributed by atoms with Crippen LogP contribution in [0.2, 0.25) is 5.02 Å².